The van der Waals surface area contributed by atoms with Gasteiger partial charge in [0.05, 0.1) is 14.3 Å². The van der Waals surface area contributed by atoms with Crippen molar-refractivity contribution in [1.29, 1.82) is 0 Å². The fraction of sp³-hybridized carbons (Fsp3) is 0.118. The van der Waals surface area contributed by atoms with Gasteiger partial charge in [0.25, 0.3) is 5.91 Å². The van der Waals surface area contributed by atoms with Gasteiger partial charge < -0.3 is 5.11 Å². The lowest BCUT2D eigenvalue weighted by Gasteiger charge is -2.34. The Bertz CT molecular complexity index is 1140. The van der Waals surface area contributed by atoms with Crippen LogP contribution in [0.2, 0.25) is 0 Å². The Hall–Kier alpha value is -1.36. The molecule has 0 radical (unpaired) electrons. The van der Waals surface area contributed by atoms with Crippen molar-refractivity contribution in [3.05, 3.63) is 59.9 Å². The molecule has 0 saturated carbocycles. The summed E-state index contributed by atoms with van der Waals surface area (Å²) in [4.78, 5) is 17.6. The van der Waals surface area contributed by atoms with Crippen molar-refractivity contribution in [2.24, 2.45) is 10.1 Å². The second-order valence-corrected chi connectivity index (χ2v) is 8.99. The zero-order chi connectivity index (χ0) is 19.3. The number of nitrogens with zero attached hydrogens (tertiary/aromatic N) is 3. The highest BCUT2D eigenvalue weighted by Gasteiger charge is 2.36. The first-order valence-electron chi connectivity index (χ1n) is 7.69. The predicted molar refractivity (Wildman–Crippen MR) is 116 cm³/mol. The number of rotatable bonds is 1. The van der Waals surface area contributed by atoms with Crippen molar-refractivity contribution in [2.75, 3.05) is 6.26 Å². The SMILES string of the molecule is CSC1=NN2C(=c3ccccc3=NC2c2c(Br)cc(Br)c(O)c2Br)C(=O)N1. The lowest BCUT2D eigenvalue weighted by Crippen LogP contribution is -2.50. The molecule has 1 amide bonds. The summed E-state index contributed by atoms with van der Waals surface area (Å²) in [6, 6.07) is 9.18. The second kappa shape index (κ2) is 7.23. The number of phenolic OH excluding ortho intramolecular Hbond substituents is 1. The monoisotopic (exact) mass is 572 g/mol. The average molecular weight is 575 g/mol. The van der Waals surface area contributed by atoms with Gasteiger partial charge in [-0.25, -0.2) is 5.01 Å². The van der Waals surface area contributed by atoms with E-state index in [2.05, 4.69) is 58.2 Å². The molecule has 2 aromatic carbocycles. The number of fused-ring (bicyclic) bond motifs is 2. The van der Waals surface area contributed by atoms with Crippen molar-refractivity contribution < 1.29 is 9.90 Å². The van der Waals surface area contributed by atoms with Gasteiger partial charge in [-0.05, 0) is 50.2 Å². The lowest BCUT2D eigenvalue weighted by atomic mass is 10.1. The maximum absolute atomic E-state index is 12.8. The molecule has 0 spiro atoms. The first-order valence-corrected chi connectivity index (χ1v) is 11.3. The van der Waals surface area contributed by atoms with Gasteiger partial charge in [0.2, 0.25) is 0 Å². The van der Waals surface area contributed by atoms with Crippen LogP contribution in [0.3, 0.4) is 0 Å². The smallest absolute Gasteiger partial charge is 0.276 e. The zero-order valence-electron chi connectivity index (χ0n) is 13.7. The minimum absolute atomic E-state index is 0.0549. The number of amides is 1. The standard InChI is InChI=1S/C17H11Br3N4O2S/c1-27-17-22-16(26)13-7-4-2-3-5-10(7)21-15(24(13)23-17)11-8(18)6-9(19)14(25)12(11)20/h2-6,15,25H,1H3,(H,22,23,26). The molecule has 0 bridgehead atoms. The molecule has 138 valence electrons. The van der Waals surface area contributed by atoms with Crippen molar-refractivity contribution in [2.45, 2.75) is 6.17 Å². The molecule has 1 atom stereocenters. The van der Waals surface area contributed by atoms with Crippen LogP contribution in [0.25, 0.3) is 5.70 Å². The number of para-hydroxylation sites is 1. The largest absolute Gasteiger partial charge is 0.506 e. The number of amidine groups is 1. The van der Waals surface area contributed by atoms with E-state index in [-0.39, 0.29) is 11.7 Å². The number of carbonyl (C=O) groups excluding carboxylic acids is 1. The molecule has 2 aromatic rings. The van der Waals surface area contributed by atoms with E-state index in [4.69, 9.17) is 4.99 Å². The Labute approximate surface area is 183 Å². The highest BCUT2D eigenvalue weighted by atomic mass is 79.9. The van der Waals surface area contributed by atoms with Gasteiger partial charge in [0, 0.05) is 15.3 Å². The molecule has 10 heteroatoms. The summed E-state index contributed by atoms with van der Waals surface area (Å²) < 4.78 is 1.73. The molecule has 27 heavy (non-hydrogen) atoms. The van der Waals surface area contributed by atoms with Gasteiger partial charge in [-0.1, -0.05) is 45.9 Å². The highest BCUT2D eigenvalue weighted by molar-refractivity contribution is 9.11. The molecule has 0 fully saturated rings. The third-order valence-corrected chi connectivity index (χ3v) is 6.78. The Morgan fingerprint density at radius 3 is 2.70 bits per heavy atom. The maximum Gasteiger partial charge on any atom is 0.276 e. The van der Waals surface area contributed by atoms with Crippen LogP contribution >= 0.6 is 59.6 Å². The predicted octanol–water partition coefficient (Wildman–Crippen LogP) is 3.19. The summed E-state index contributed by atoms with van der Waals surface area (Å²) in [6.07, 6.45) is 1.21. The normalized spacial score (nSPS) is 18.3. The van der Waals surface area contributed by atoms with Gasteiger partial charge >= 0.3 is 0 Å². The summed E-state index contributed by atoms with van der Waals surface area (Å²) >= 11 is 11.7. The van der Waals surface area contributed by atoms with Crippen molar-refractivity contribution in [1.82, 2.24) is 10.3 Å². The van der Waals surface area contributed by atoms with Gasteiger partial charge in [-0.15, -0.1) is 5.10 Å². The molecule has 4 rings (SSSR count). The number of phenols is 1. The number of benzene rings is 2. The Balaban J connectivity index is 2.05. The average Bonchev–Trinajstić information content (AvgIpc) is 2.65. The van der Waals surface area contributed by atoms with Crippen LogP contribution in [0.15, 0.2) is 53.8 Å². The topological polar surface area (TPSA) is 77.3 Å². The first kappa shape index (κ1) is 19.0. The van der Waals surface area contributed by atoms with Crippen LogP contribution in [0, 0.1) is 0 Å². The Kier molecular flexibility index (Phi) is 5.08. The van der Waals surface area contributed by atoms with E-state index in [1.165, 1.54) is 11.8 Å². The number of halogens is 3. The molecule has 0 aromatic heterocycles. The second-order valence-electron chi connectivity index (χ2n) is 5.69. The number of nitrogens with one attached hydrogen (secondary N) is 1. The van der Waals surface area contributed by atoms with Crippen molar-refractivity contribution in [3.8, 4) is 5.75 Å². The molecule has 0 saturated heterocycles. The van der Waals surface area contributed by atoms with Gasteiger partial charge in [-0.2, -0.15) is 0 Å². The summed E-state index contributed by atoms with van der Waals surface area (Å²) in [6.45, 7) is 0. The molecule has 2 heterocycles. The number of hydrogen-bond acceptors (Lipinski definition) is 6. The minimum Gasteiger partial charge on any atom is -0.506 e. The summed E-state index contributed by atoms with van der Waals surface area (Å²) in [7, 11) is 0. The quantitative estimate of drug-likeness (QED) is 0.549. The number of carbonyl (C=O) groups is 1. The highest BCUT2D eigenvalue weighted by Crippen LogP contribution is 2.45. The van der Waals surface area contributed by atoms with Gasteiger partial charge in [0.1, 0.15) is 11.4 Å². The zero-order valence-corrected chi connectivity index (χ0v) is 19.3. The first-order chi connectivity index (χ1) is 12.9. The number of thioether (sulfide) groups is 1. The Morgan fingerprint density at radius 2 is 1.96 bits per heavy atom. The molecular formula is C17H11Br3N4O2S. The van der Waals surface area contributed by atoms with E-state index < -0.39 is 6.17 Å². The van der Waals surface area contributed by atoms with Crippen LogP contribution in [0.1, 0.15) is 11.7 Å². The summed E-state index contributed by atoms with van der Waals surface area (Å²) in [5.41, 5.74) is 1.09. The van der Waals surface area contributed by atoms with Crippen LogP contribution < -0.4 is 15.9 Å². The minimum atomic E-state index is -0.633. The van der Waals surface area contributed by atoms with Crippen LogP contribution in [0.5, 0.6) is 5.75 Å². The van der Waals surface area contributed by atoms with E-state index in [9.17, 15) is 9.90 Å². The lowest BCUT2D eigenvalue weighted by molar-refractivity contribution is -0.116. The maximum atomic E-state index is 12.8. The van der Waals surface area contributed by atoms with Crippen LogP contribution in [-0.2, 0) is 4.79 Å². The van der Waals surface area contributed by atoms with E-state index in [0.717, 1.165) is 4.47 Å². The number of aromatic hydroxyl groups is 1. The van der Waals surface area contributed by atoms with Crippen molar-refractivity contribution in [3.63, 3.8) is 0 Å². The molecule has 2 aliphatic rings. The van der Waals surface area contributed by atoms with E-state index in [1.807, 2.05) is 30.5 Å². The fourth-order valence-electron chi connectivity index (χ4n) is 2.94. The molecule has 1 unspecified atom stereocenters. The Morgan fingerprint density at radius 1 is 1.22 bits per heavy atom. The van der Waals surface area contributed by atoms with Crippen LogP contribution in [-0.4, -0.2) is 27.4 Å². The van der Waals surface area contributed by atoms with E-state index in [0.29, 0.717) is 35.9 Å². The molecule has 2 N–H and O–H groups in total. The molecular weight excluding hydrogens is 564 g/mol. The van der Waals surface area contributed by atoms with Gasteiger partial charge in [0.15, 0.2) is 11.3 Å². The number of hydrazone groups is 1. The third-order valence-electron chi connectivity index (χ3n) is 4.15. The molecule has 6 nitrogen and oxygen atoms in total. The molecule has 0 aliphatic carbocycles. The van der Waals surface area contributed by atoms with E-state index >= 15 is 0 Å². The van der Waals surface area contributed by atoms with Gasteiger partial charge in [-0.3, -0.25) is 15.1 Å². The fourth-order valence-corrected chi connectivity index (χ4v) is 5.83. The number of hydrogen-bond donors (Lipinski definition) is 2. The molecule has 2 aliphatic heterocycles. The summed E-state index contributed by atoms with van der Waals surface area (Å²) in [5.74, 6) is -0.186. The summed E-state index contributed by atoms with van der Waals surface area (Å²) in [5, 5.41) is 21.2. The van der Waals surface area contributed by atoms with Crippen molar-refractivity contribution >= 4 is 76.3 Å². The van der Waals surface area contributed by atoms with Crippen LogP contribution in [0.4, 0.5) is 0 Å². The van der Waals surface area contributed by atoms with E-state index in [1.54, 1.807) is 11.1 Å². The third kappa shape index (κ3) is 3.12.